The van der Waals surface area contributed by atoms with Crippen molar-refractivity contribution >= 4 is 23.4 Å². The van der Waals surface area contributed by atoms with Gasteiger partial charge < -0.3 is 20.1 Å². The first-order valence-electron chi connectivity index (χ1n) is 10.7. The fraction of sp³-hybridized carbons (Fsp3) is 0.417. The smallest absolute Gasteiger partial charge is 0.251 e. The minimum atomic E-state index is -0.275. The molecule has 6 nitrogen and oxygen atoms in total. The van der Waals surface area contributed by atoms with Gasteiger partial charge in [-0.15, -0.1) is 0 Å². The second-order valence-corrected chi connectivity index (χ2v) is 7.64. The Kier molecular flexibility index (Phi) is 9.66. The first kappa shape index (κ1) is 24.5. The summed E-state index contributed by atoms with van der Waals surface area (Å²) in [6, 6.07) is 10.5. The zero-order valence-corrected chi connectivity index (χ0v) is 19.3. The van der Waals surface area contributed by atoms with Crippen LogP contribution < -0.4 is 20.1 Å². The average Bonchev–Trinajstić information content (AvgIpc) is 2.77. The number of ether oxygens (including phenoxy) is 2. The zero-order chi connectivity index (χ0) is 22.8. The van der Waals surface area contributed by atoms with Crippen molar-refractivity contribution in [2.75, 3.05) is 13.2 Å². The summed E-state index contributed by atoms with van der Waals surface area (Å²) in [7, 11) is 0. The van der Waals surface area contributed by atoms with Gasteiger partial charge in [0.2, 0.25) is 0 Å². The summed E-state index contributed by atoms with van der Waals surface area (Å²) in [6.07, 6.45) is 1.71. The molecule has 7 heteroatoms. The predicted octanol–water partition coefficient (Wildman–Crippen LogP) is 4.99. The van der Waals surface area contributed by atoms with Crippen LogP contribution in [0.3, 0.4) is 0 Å². The molecule has 168 valence electrons. The highest BCUT2D eigenvalue weighted by molar-refractivity contribution is 6.32. The van der Waals surface area contributed by atoms with E-state index in [2.05, 4.69) is 10.6 Å². The van der Waals surface area contributed by atoms with Crippen LogP contribution in [0, 0.1) is 0 Å². The molecule has 2 aromatic carbocycles. The van der Waals surface area contributed by atoms with Crippen molar-refractivity contribution in [1.82, 2.24) is 10.6 Å². The van der Waals surface area contributed by atoms with Crippen LogP contribution in [-0.4, -0.2) is 31.1 Å². The molecule has 0 fully saturated rings. The lowest BCUT2D eigenvalue weighted by Gasteiger charge is -2.15. The molecule has 2 rings (SSSR count). The van der Waals surface area contributed by atoms with Crippen LogP contribution in [0.15, 0.2) is 36.4 Å². The SMILES string of the molecule is CCCOc1c(Cl)cc(C(=O)NCc2ccc(C(=O)N[C@@H](C)CC)cc2)cc1OCC. The molecule has 0 bridgehead atoms. The van der Waals surface area contributed by atoms with E-state index in [9.17, 15) is 9.59 Å². The standard InChI is InChI=1S/C24H31ClN2O4/c1-5-12-31-22-20(25)13-19(14-21(22)30-7-3)23(28)26-15-17-8-10-18(11-9-17)24(29)27-16(4)6-2/h8-11,13-14,16H,5-7,12,15H2,1-4H3,(H,26,28)(H,27,29)/t16-/m0/s1. The van der Waals surface area contributed by atoms with Gasteiger partial charge >= 0.3 is 0 Å². The fourth-order valence-electron chi connectivity index (χ4n) is 2.77. The third-order valence-electron chi connectivity index (χ3n) is 4.68. The van der Waals surface area contributed by atoms with Crippen LogP contribution in [-0.2, 0) is 6.54 Å². The van der Waals surface area contributed by atoms with Crippen molar-refractivity contribution < 1.29 is 19.1 Å². The number of hydrogen-bond donors (Lipinski definition) is 2. The van der Waals surface area contributed by atoms with E-state index in [-0.39, 0.29) is 17.9 Å². The maximum atomic E-state index is 12.7. The van der Waals surface area contributed by atoms with E-state index in [4.69, 9.17) is 21.1 Å². The van der Waals surface area contributed by atoms with Gasteiger partial charge in [-0.05, 0) is 56.5 Å². The van der Waals surface area contributed by atoms with Gasteiger partial charge in [0, 0.05) is 23.7 Å². The monoisotopic (exact) mass is 446 g/mol. The third-order valence-corrected chi connectivity index (χ3v) is 4.96. The number of halogens is 1. The normalized spacial score (nSPS) is 11.5. The molecule has 0 radical (unpaired) electrons. The Morgan fingerprint density at radius 3 is 2.32 bits per heavy atom. The molecule has 0 aromatic heterocycles. The van der Waals surface area contributed by atoms with Crippen LogP contribution in [0.5, 0.6) is 11.5 Å². The number of amides is 2. The summed E-state index contributed by atoms with van der Waals surface area (Å²) in [5, 5.41) is 6.14. The second-order valence-electron chi connectivity index (χ2n) is 7.23. The minimum absolute atomic E-state index is 0.103. The van der Waals surface area contributed by atoms with E-state index in [0.29, 0.717) is 47.4 Å². The van der Waals surface area contributed by atoms with Gasteiger partial charge in [-0.1, -0.05) is 37.6 Å². The summed E-state index contributed by atoms with van der Waals surface area (Å²) in [6.45, 7) is 9.11. The summed E-state index contributed by atoms with van der Waals surface area (Å²) < 4.78 is 11.3. The number of benzene rings is 2. The number of hydrogen-bond acceptors (Lipinski definition) is 4. The first-order chi connectivity index (χ1) is 14.9. The van der Waals surface area contributed by atoms with E-state index in [1.54, 1.807) is 24.3 Å². The number of carbonyl (C=O) groups excluding carboxylic acids is 2. The Labute approximate surface area is 189 Å². The van der Waals surface area contributed by atoms with Gasteiger partial charge in [0.15, 0.2) is 11.5 Å². The molecular formula is C24H31ClN2O4. The Balaban J connectivity index is 2.04. The predicted molar refractivity (Wildman–Crippen MR) is 123 cm³/mol. The topological polar surface area (TPSA) is 76.7 Å². The largest absolute Gasteiger partial charge is 0.490 e. The Bertz CT molecular complexity index is 884. The van der Waals surface area contributed by atoms with Crippen LogP contribution in [0.25, 0.3) is 0 Å². The van der Waals surface area contributed by atoms with E-state index in [0.717, 1.165) is 18.4 Å². The van der Waals surface area contributed by atoms with Gasteiger partial charge in [-0.25, -0.2) is 0 Å². The molecule has 0 spiro atoms. The highest BCUT2D eigenvalue weighted by Gasteiger charge is 2.16. The van der Waals surface area contributed by atoms with Crippen molar-refractivity contribution in [3.05, 3.63) is 58.1 Å². The lowest BCUT2D eigenvalue weighted by molar-refractivity contribution is 0.0934. The van der Waals surface area contributed by atoms with E-state index >= 15 is 0 Å². The van der Waals surface area contributed by atoms with Crippen LogP contribution >= 0.6 is 11.6 Å². The number of nitrogens with one attached hydrogen (secondary N) is 2. The van der Waals surface area contributed by atoms with Crippen LogP contribution in [0.1, 0.15) is 66.8 Å². The number of rotatable bonds is 11. The summed E-state index contributed by atoms with van der Waals surface area (Å²) in [4.78, 5) is 24.8. The number of carbonyl (C=O) groups is 2. The Morgan fingerprint density at radius 2 is 1.71 bits per heavy atom. The lowest BCUT2D eigenvalue weighted by atomic mass is 10.1. The Hall–Kier alpha value is -2.73. The van der Waals surface area contributed by atoms with Gasteiger partial charge in [-0.2, -0.15) is 0 Å². The first-order valence-corrected chi connectivity index (χ1v) is 11.0. The Morgan fingerprint density at radius 1 is 1.00 bits per heavy atom. The second kappa shape index (κ2) is 12.2. The molecule has 0 saturated carbocycles. The van der Waals surface area contributed by atoms with Gasteiger partial charge in [0.1, 0.15) is 0 Å². The molecule has 2 amide bonds. The van der Waals surface area contributed by atoms with Gasteiger partial charge in [0.05, 0.1) is 18.2 Å². The highest BCUT2D eigenvalue weighted by atomic mass is 35.5. The molecular weight excluding hydrogens is 416 g/mol. The molecule has 0 unspecified atom stereocenters. The van der Waals surface area contributed by atoms with Crippen molar-refractivity contribution in [2.45, 2.75) is 53.1 Å². The van der Waals surface area contributed by atoms with Gasteiger partial charge in [0.25, 0.3) is 11.8 Å². The molecule has 0 heterocycles. The highest BCUT2D eigenvalue weighted by Crippen LogP contribution is 2.36. The average molecular weight is 447 g/mol. The molecule has 2 N–H and O–H groups in total. The van der Waals surface area contributed by atoms with Crippen molar-refractivity contribution in [2.24, 2.45) is 0 Å². The third kappa shape index (κ3) is 7.17. The van der Waals surface area contributed by atoms with Crippen molar-refractivity contribution in [3.63, 3.8) is 0 Å². The minimum Gasteiger partial charge on any atom is -0.490 e. The van der Waals surface area contributed by atoms with E-state index < -0.39 is 0 Å². The molecule has 31 heavy (non-hydrogen) atoms. The summed E-state index contributed by atoms with van der Waals surface area (Å²) >= 11 is 6.34. The van der Waals surface area contributed by atoms with Crippen molar-refractivity contribution in [1.29, 1.82) is 0 Å². The zero-order valence-electron chi connectivity index (χ0n) is 18.6. The fourth-order valence-corrected chi connectivity index (χ4v) is 3.04. The molecule has 0 aliphatic carbocycles. The molecule has 0 saturated heterocycles. The van der Waals surface area contributed by atoms with E-state index in [1.165, 1.54) is 0 Å². The van der Waals surface area contributed by atoms with E-state index in [1.807, 2.05) is 39.8 Å². The molecule has 2 aromatic rings. The molecule has 0 aliphatic rings. The lowest BCUT2D eigenvalue weighted by Crippen LogP contribution is -2.31. The summed E-state index contributed by atoms with van der Waals surface area (Å²) in [5.74, 6) is 0.523. The van der Waals surface area contributed by atoms with Crippen LogP contribution in [0.4, 0.5) is 0 Å². The maximum absolute atomic E-state index is 12.7. The van der Waals surface area contributed by atoms with Crippen LogP contribution in [0.2, 0.25) is 5.02 Å². The summed E-state index contributed by atoms with van der Waals surface area (Å²) in [5.41, 5.74) is 1.86. The molecule has 1 atom stereocenters. The molecule has 0 aliphatic heterocycles. The quantitative estimate of drug-likeness (QED) is 0.510. The van der Waals surface area contributed by atoms with Gasteiger partial charge in [-0.3, -0.25) is 9.59 Å². The maximum Gasteiger partial charge on any atom is 0.251 e. The van der Waals surface area contributed by atoms with Crippen molar-refractivity contribution in [3.8, 4) is 11.5 Å².